The molecule has 0 aliphatic heterocycles. The van der Waals surface area contributed by atoms with Crippen LogP contribution < -0.4 is 5.73 Å². The minimum absolute atomic E-state index is 0.395. The average molecular weight is 411 g/mol. The van der Waals surface area contributed by atoms with Gasteiger partial charge >= 0.3 is 0 Å². The van der Waals surface area contributed by atoms with Crippen molar-refractivity contribution in [2.45, 2.75) is 20.4 Å². The first-order valence-corrected chi connectivity index (χ1v) is 10.9. The second kappa shape index (κ2) is 7.15. The Kier molecular flexibility index (Phi) is 4.44. The Bertz CT molecular complexity index is 1410. The van der Waals surface area contributed by atoms with E-state index in [9.17, 15) is 4.79 Å². The van der Waals surface area contributed by atoms with E-state index in [4.69, 9.17) is 5.73 Å². The quantitative estimate of drug-likeness (QED) is 0.372. The lowest BCUT2D eigenvalue weighted by Gasteiger charge is -2.12. The van der Waals surface area contributed by atoms with Crippen LogP contribution in [0, 0.1) is 13.8 Å². The van der Waals surface area contributed by atoms with Gasteiger partial charge in [-0.1, -0.05) is 48.0 Å². The lowest BCUT2D eigenvalue weighted by molar-refractivity contribution is 0.100. The van der Waals surface area contributed by atoms with E-state index in [2.05, 4.69) is 78.4 Å². The Morgan fingerprint density at radius 1 is 0.967 bits per heavy atom. The molecule has 0 radical (unpaired) electrons. The summed E-state index contributed by atoms with van der Waals surface area (Å²) in [6.07, 6.45) is 0. The number of nitrogens with zero attached hydrogens (tertiary/aromatic N) is 1. The minimum Gasteiger partial charge on any atom is -0.366 e. The molecule has 0 saturated carbocycles. The standard InChI is InChI=1S/C26H22N2OS/c1-16-8-9-19(17(2)13-16)15-28-22-6-3-5-21(26(27)29)25(22)20-11-10-18(14-23(20)28)24-7-4-12-30-24/h3-14H,15H2,1-2H3,(H2,27,29). The zero-order valence-electron chi connectivity index (χ0n) is 17.0. The maximum atomic E-state index is 12.2. The van der Waals surface area contributed by atoms with Gasteiger partial charge in [-0.3, -0.25) is 4.79 Å². The number of hydrogen-bond acceptors (Lipinski definition) is 2. The largest absolute Gasteiger partial charge is 0.366 e. The van der Waals surface area contributed by atoms with Crippen LogP contribution in [-0.2, 0) is 6.54 Å². The van der Waals surface area contributed by atoms with Crippen LogP contribution >= 0.6 is 11.3 Å². The normalized spacial score (nSPS) is 11.4. The molecule has 5 aromatic rings. The van der Waals surface area contributed by atoms with E-state index in [1.807, 2.05) is 12.1 Å². The van der Waals surface area contributed by atoms with Crippen molar-refractivity contribution in [1.82, 2.24) is 4.57 Å². The number of amides is 1. The second-order valence-electron chi connectivity index (χ2n) is 7.79. The number of carbonyl (C=O) groups excluding carboxylic acids is 1. The number of fused-ring (bicyclic) bond motifs is 3. The van der Waals surface area contributed by atoms with Gasteiger partial charge in [0.2, 0.25) is 5.91 Å². The van der Waals surface area contributed by atoms with Crippen molar-refractivity contribution >= 4 is 39.0 Å². The van der Waals surface area contributed by atoms with Crippen molar-refractivity contribution in [2.24, 2.45) is 5.73 Å². The highest BCUT2D eigenvalue weighted by molar-refractivity contribution is 7.13. The number of thiophene rings is 1. The number of aromatic nitrogens is 1. The molecule has 0 spiro atoms. The number of hydrogen-bond donors (Lipinski definition) is 1. The zero-order valence-corrected chi connectivity index (χ0v) is 17.8. The molecule has 0 saturated heterocycles. The highest BCUT2D eigenvalue weighted by Gasteiger charge is 2.17. The van der Waals surface area contributed by atoms with E-state index in [-0.39, 0.29) is 0 Å². The summed E-state index contributed by atoms with van der Waals surface area (Å²) in [5.41, 5.74) is 13.4. The molecular formula is C26H22N2OS. The molecule has 1 amide bonds. The molecule has 0 atom stereocenters. The van der Waals surface area contributed by atoms with Gasteiger partial charge in [-0.15, -0.1) is 11.3 Å². The third-order valence-corrected chi connectivity index (χ3v) is 6.71. The average Bonchev–Trinajstić information content (AvgIpc) is 3.36. The number of carbonyl (C=O) groups is 1. The zero-order chi connectivity index (χ0) is 20.8. The minimum atomic E-state index is -0.395. The molecule has 0 unspecified atom stereocenters. The number of aryl methyl sites for hydroxylation is 2. The van der Waals surface area contributed by atoms with E-state index in [0.717, 1.165) is 28.4 Å². The molecule has 2 heterocycles. The second-order valence-corrected chi connectivity index (χ2v) is 8.74. The smallest absolute Gasteiger partial charge is 0.249 e. The van der Waals surface area contributed by atoms with Crippen LogP contribution in [0.4, 0.5) is 0 Å². The molecule has 2 N–H and O–H groups in total. The van der Waals surface area contributed by atoms with Gasteiger partial charge in [-0.2, -0.15) is 0 Å². The van der Waals surface area contributed by atoms with E-state index >= 15 is 0 Å². The molecule has 4 heteroatoms. The Morgan fingerprint density at radius 3 is 2.57 bits per heavy atom. The maximum Gasteiger partial charge on any atom is 0.249 e. The van der Waals surface area contributed by atoms with Gasteiger partial charge in [-0.25, -0.2) is 0 Å². The molecular weight excluding hydrogens is 388 g/mol. The van der Waals surface area contributed by atoms with Crippen molar-refractivity contribution in [3.63, 3.8) is 0 Å². The first-order valence-electron chi connectivity index (χ1n) is 9.98. The summed E-state index contributed by atoms with van der Waals surface area (Å²) in [4.78, 5) is 13.4. The summed E-state index contributed by atoms with van der Waals surface area (Å²) < 4.78 is 2.31. The summed E-state index contributed by atoms with van der Waals surface area (Å²) in [7, 11) is 0. The van der Waals surface area contributed by atoms with E-state index in [1.54, 1.807) is 11.3 Å². The van der Waals surface area contributed by atoms with Crippen LogP contribution in [0.15, 0.2) is 72.1 Å². The number of nitrogens with two attached hydrogens (primary N) is 1. The van der Waals surface area contributed by atoms with Gasteiger partial charge < -0.3 is 10.3 Å². The van der Waals surface area contributed by atoms with E-state index < -0.39 is 5.91 Å². The Balaban J connectivity index is 1.82. The van der Waals surface area contributed by atoms with E-state index in [1.165, 1.54) is 27.1 Å². The van der Waals surface area contributed by atoms with Gasteiger partial charge in [0.1, 0.15) is 0 Å². The summed E-state index contributed by atoms with van der Waals surface area (Å²) in [6, 6.07) is 23.1. The highest BCUT2D eigenvalue weighted by Crippen LogP contribution is 2.36. The molecule has 3 nitrogen and oxygen atoms in total. The van der Waals surface area contributed by atoms with Crippen LogP contribution in [0.5, 0.6) is 0 Å². The molecule has 5 rings (SSSR count). The van der Waals surface area contributed by atoms with Crippen LogP contribution in [-0.4, -0.2) is 10.5 Å². The lowest BCUT2D eigenvalue weighted by Crippen LogP contribution is -2.11. The van der Waals surface area contributed by atoms with Crippen molar-refractivity contribution in [3.05, 3.63) is 94.4 Å². The van der Waals surface area contributed by atoms with E-state index in [0.29, 0.717) is 5.56 Å². The Labute approximate surface area is 179 Å². The predicted octanol–water partition coefficient (Wildman–Crippen LogP) is 6.29. The maximum absolute atomic E-state index is 12.2. The number of rotatable bonds is 4. The molecule has 2 aromatic heterocycles. The summed E-state index contributed by atoms with van der Waals surface area (Å²) in [5.74, 6) is -0.395. The fourth-order valence-corrected chi connectivity index (χ4v) is 5.03. The third-order valence-electron chi connectivity index (χ3n) is 5.79. The molecule has 0 bridgehead atoms. The topological polar surface area (TPSA) is 48.0 Å². The van der Waals surface area contributed by atoms with Crippen molar-refractivity contribution in [2.75, 3.05) is 0 Å². The van der Waals surface area contributed by atoms with Crippen LogP contribution in [0.1, 0.15) is 27.0 Å². The SMILES string of the molecule is Cc1ccc(Cn2c3cc(-c4cccs4)ccc3c3c(C(N)=O)cccc32)c(C)c1. The van der Waals surface area contributed by atoms with Gasteiger partial charge in [-0.05, 0) is 60.2 Å². The number of benzene rings is 3. The first-order chi connectivity index (χ1) is 14.5. The van der Waals surface area contributed by atoms with Crippen molar-refractivity contribution < 1.29 is 4.79 Å². The Hall–Kier alpha value is -3.37. The molecule has 0 aliphatic rings. The summed E-state index contributed by atoms with van der Waals surface area (Å²) >= 11 is 1.73. The molecule has 3 aromatic carbocycles. The summed E-state index contributed by atoms with van der Waals surface area (Å²) in [5, 5.41) is 4.09. The fourth-order valence-electron chi connectivity index (χ4n) is 4.31. The van der Waals surface area contributed by atoms with Gasteiger partial charge in [0.15, 0.2) is 0 Å². The summed E-state index contributed by atoms with van der Waals surface area (Å²) in [6.45, 7) is 5.01. The van der Waals surface area contributed by atoms with Crippen LogP contribution in [0.3, 0.4) is 0 Å². The Morgan fingerprint density at radius 2 is 1.83 bits per heavy atom. The third kappa shape index (κ3) is 3.01. The van der Waals surface area contributed by atoms with Crippen LogP contribution in [0.2, 0.25) is 0 Å². The molecule has 0 fully saturated rings. The van der Waals surface area contributed by atoms with Crippen molar-refractivity contribution in [3.8, 4) is 10.4 Å². The van der Waals surface area contributed by atoms with Gasteiger partial charge in [0.25, 0.3) is 0 Å². The first kappa shape index (κ1) is 18.6. The van der Waals surface area contributed by atoms with Gasteiger partial charge in [0, 0.05) is 27.8 Å². The monoisotopic (exact) mass is 410 g/mol. The molecule has 0 aliphatic carbocycles. The van der Waals surface area contributed by atoms with Gasteiger partial charge in [0.05, 0.1) is 11.0 Å². The van der Waals surface area contributed by atoms with Crippen LogP contribution in [0.25, 0.3) is 32.2 Å². The van der Waals surface area contributed by atoms with Crippen molar-refractivity contribution in [1.29, 1.82) is 0 Å². The lowest BCUT2D eigenvalue weighted by atomic mass is 10.0. The number of primary amides is 1. The molecule has 148 valence electrons. The highest BCUT2D eigenvalue weighted by atomic mass is 32.1. The molecule has 30 heavy (non-hydrogen) atoms. The predicted molar refractivity (Wildman–Crippen MR) is 126 cm³/mol. The fraction of sp³-hybridized carbons (Fsp3) is 0.115.